The van der Waals surface area contributed by atoms with Gasteiger partial charge in [0.05, 0.1) is 28.8 Å². The fourth-order valence-electron chi connectivity index (χ4n) is 9.45. The van der Waals surface area contributed by atoms with Crippen LogP contribution in [0.4, 0.5) is 0 Å². The highest BCUT2D eigenvalue weighted by Gasteiger charge is 2.24. The number of carbonyl (C=O) groups is 5. The maximum Gasteiger partial charge on any atom is 0.335 e. The van der Waals surface area contributed by atoms with Gasteiger partial charge in [-0.25, -0.2) is 4.79 Å². The second-order valence-corrected chi connectivity index (χ2v) is 24.7. The normalized spacial score (nSPS) is 10.3. The summed E-state index contributed by atoms with van der Waals surface area (Å²) in [7, 11) is 0. The Morgan fingerprint density at radius 2 is 0.990 bits per heavy atom. The molecular formula is C85H92BrClN8O6. The van der Waals surface area contributed by atoms with Gasteiger partial charge in [0.15, 0.2) is 0 Å². The Hall–Kier alpha value is -11.2. The first-order chi connectivity index (χ1) is 48.1. The number of carboxylic acid groups (broad SMARTS) is 1. The van der Waals surface area contributed by atoms with Crippen molar-refractivity contribution in [3.05, 3.63) is 353 Å². The number of benzene rings is 9. The van der Waals surface area contributed by atoms with Gasteiger partial charge in [-0.3, -0.25) is 24.6 Å². The van der Waals surface area contributed by atoms with Crippen molar-refractivity contribution in [3.8, 4) is 12.1 Å². The molecule has 0 atom stereocenters. The Morgan fingerprint density at radius 3 is 1.45 bits per heavy atom. The fourth-order valence-corrected chi connectivity index (χ4v) is 10.1. The van der Waals surface area contributed by atoms with Crippen LogP contribution in [0.3, 0.4) is 0 Å². The number of nitrogens with two attached hydrogens (primary N) is 1. The maximum absolute atomic E-state index is 11.6. The lowest BCUT2D eigenvalue weighted by Gasteiger charge is -2.18. The number of nitriles is 2. The van der Waals surface area contributed by atoms with Crippen LogP contribution in [-0.4, -0.2) is 58.5 Å². The predicted octanol–water partition coefficient (Wildman–Crippen LogP) is 18.4. The number of halogens is 2. The number of carbonyl (C=O) groups excluding carboxylic acids is 4. The summed E-state index contributed by atoms with van der Waals surface area (Å²) in [4.78, 5) is 57.4. The third-order valence-electron chi connectivity index (χ3n) is 14.9. The topological polar surface area (TPSA) is 242 Å². The third kappa shape index (κ3) is 30.6. The highest BCUT2D eigenvalue weighted by Crippen LogP contribution is 2.26. The molecule has 0 radical (unpaired) electrons. The van der Waals surface area contributed by atoms with Crippen LogP contribution in [0.1, 0.15) is 153 Å². The van der Waals surface area contributed by atoms with Crippen LogP contribution in [0.25, 0.3) is 0 Å². The summed E-state index contributed by atoms with van der Waals surface area (Å²) in [6, 6.07) is 63.1. The summed E-state index contributed by atoms with van der Waals surface area (Å²) < 4.78 is 0. The Kier molecular flexibility index (Phi) is 37.1. The Labute approximate surface area is 610 Å². The van der Waals surface area contributed by atoms with Crippen molar-refractivity contribution in [3.63, 3.8) is 0 Å². The van der Waals surface area contributed by atoms with Crippen molar-refractivity contribution in [1.82, 2.24) is 20.9 Å². The van der Waals surface area contributed by atoms with E-state index in [1.165, 1.54) is 27.8 Å². The van der Waals surface area contributed by atoms with Gasteiger partial charge in [-0.2, -0.15) is 10.5 Å². The summed E-state index contributed by atoms with van der Waals surface area (Å²) >= 11 is 9.34. The first kappa shape index (κ1) is 84.0. The summed E-state index contributed by atoms with van der Waals surface area (Å²) in [6.45, 7) is 33.3. The number of aryl methyl sites for hydroxylation is 11. The zero-order valence-electron chi connectivity index (χ0n) is 59.8. The lowest BCUT2D eigenvalue weighted by molar-refractivity contribution is 0.0695. The maximum atomic E-state index is 11.6. The standard InChI is InChI=1S/C16H15ClN2.C12H15NO.2C11H13NO.C9H8BrN.C9H11NO.C9H9N.C8H8O2/c1-11-5-6-15-13(7-11)10-19(16(15)18)9-12-3-2-4-14(17)8-12;1-4-7-13-12(14)11-6-5-9(2)8-10(11)3;2*1-3-8-12-11(13)10-6-4-9(2)5-7-10;1-7-2-3-8(6-11)9(4-7)5-10;1-6-3-4-8(9(10)11)7(2)5-6;1-7-3-4-9(6-10)8(2)5-7;1-6-2-4-7(5-3-6)8(9)10/h2-8,18H,9-10H2,1H3;4-6,8H,1,7H2,2-3H3,(H,13,14);3-8H,1-2H3,(H,12,13);3-7H,1,8H2,2H3,(H,12,13);2-4H,5H2,1H3;3-5H,1-2H3,(H2,10,11);3-5H,1-2H3;2-5H,1H3,(H,9,10). The van der Waals surface area contributed by atoms with Gasteiger partial charge in [-0.15, -0.1) is 13.2 Å². The van der Waals surface area contributed by atoms with Crippen LogP contribution in [0.5, 0.6) is 0 Å². The van der Waals surface area contributed by atoms with Crippen molar-refractivity contribution in [2.75, 3.05) is 13.1 Å². The van der Waals surface area contributed by atoms with Gasteiger partial charge in [0, 0.05) is 64.3 Å². The average molecular weight is 1440 g/mol. The van der Waals surface area contributed by atoms with E-state index in [1.54, 1.807) is 54.8 Å². The van der Waals surface area contributed by atoms with E-state index >= 15 is 0 Å². The molecule has 1 aliphatic heterocycles. The van der Waals surface area contributed by atoms with E-state index in [4.69, 9.17) is 38.4 Å². The molecule has 0 bridgehead atoms. The number of fused-ring (bicyclic) bond motifs is 1. The number of hydrogen-bond acceptors (Lipinski definition) is 8. The molecule has 9 aromatic rings. The zero-order chi connectivity index (χ0) is 75.1. The Bertz CT molecular complexity index is 4400. The number of carboxylic acids is 1. The Balaban J connectivity index is 0.000000303. The number of aromatic carboxylic acids is 1. The van der Waals surface area contributed by atoms with E-state index in [1.807, 2.05) is 222 Å². The molecule has 0 saturated carbocycles. The molecule has 0 aromatic heterocycles. The van der Waals surface area contributed by atoms with Crippen LogP contribution in [-0.2, 0) is 18.4 Å². The largest absolute Gasteiger partial charge is 0.478 e. The van der Waals surface area contributed by atoms with Crippen LogP contribution >= 0.6 is 27.5 Å². The smallest absolute Gasteiger partial charge is 0.335 e. The first-order valence-corrected chi connectivity index (χ1v) is 33.9. The second-order valence-electron chi connectivity index (χ2n) is 23.7. The molecule has 9 aromatic carbocycles. The molecule has 522 valence electrons. The van der Waals surface area contributed by atoms with Crippen LogP contribution < -0.4 is 21.7 Å². The summed E-state index contributed by atoms with van der Waals surface area (Å²) in [5.74, 6) is -0.794. The average Bonchev–Trinajstić information content (AvgIpc) is 1.66. The summed E-state index contributed by atoms with van der Waals surface area (Å²) in [5, 5.41) is 43.6. The minimum atomic E-state index is -0.875. The molecule has 1 aliphatic rings. The predicted molar refractivity (Wildman–Crippen MR) is 416 cm³/mol. The fraction of sp³-hybridized carbons (Fsp3) is 0.200. The van der Waals surface area contributed by atoms with E-state index in [2.05, 4.69) is 81.1 Å². The van der Waals surface area contributed by atoms with Gasteiger partial charge >= 0.3 is 5.97 Å². The summed E-state index contributed by atoms with van der Waals surface area (Å²) in [6.07, 6.45) is 6.74. The zero-order valence-corrected chi connectivity index (χ0v) is 62.2. The number of rotatable bonds is 13. The van der Waals surface area contributed by atoms with Gasteiger partial charge in [0.25, 0.3) is 17.7 Å². The number of nitrogens with one attached hydrogen (secondary N) is 4. The first-order valence-electron chi connectivity index (χ1n) is 32.4. The lowest BCUT2D eigenvalue weighted by atomic mass is 10.1. The van der Waals surface area contributed by atoms with E-state index < -0.39 is 5.97 Å². The van der Waals surface area contributed by atoms with Crippen molar-refractivity contribution in [1.29, 1.82) is 15.9 Å². The monoisotopic (exact) mass is 1430 g/mol. The molecule has 10 rings (SSSR count). The van der Waals surface area contributed by atoms with Gasteiger partial charge in [0.1, 0.15) is 5.84 Å². The second kappa shape index (κ2) is 44.6. The van der Waals surface area contributed by atoms with Crippen molar-refractivity contribution in [2.45, 2.75) is 102 Å². The highest BCUT2D eigenvalue weighted by molar-refractivity contribution is 9.08. The molecule has 0 saturated heterocycles. The molecule has 4 amide bonds. The number of primary amides is 1. The van der Waals surface area contributed by atoms with Crippen LogP contribution in [0.2, 0.25) is 5.02 Å². The number of allylic oxidation sites excluding steroid dienone is 1. The quantitative estimate of drug-likeness (QED) is 0.0474. The number of hydrogen-bond donors (Lipinski definition) is 6. The molecule has 0 fully saturated rings. The number of amidine groups is 1. The lowest BCUT2D eigenvalue weighted by Crippen LogP contribution is -2.23. The van der Waals surface area contributed by atoms with E-state index in [9.17, 15) is 24.0 Å². The number of amides is 4. The molecule has 14 nitrogen and oxygen atoms in total. The van der Waals surface area contributed by atoms with E-state index in [0.717, 1.165) is 95.8 Å². The van der Waals surface area contributed by atoms with Gasteiger partial charge in [-0.1, -0.05) is 206 Å². The van der Waals surface area contributed by atoms with E-state index in [-0.39, 0.29) is 23.6 Å². The van der Waals surface area contributed by atoms with Gasteiger partial charge < -0.3 is 31.7 Å². The molecule has 16 heteroatoms. The Morgan fingerprint density at radius 1 is 0.554 bits per heavy atom. The molecule has 7 N–H and O–H groups in total. The van der Waals surface area contributed by atoms with Gasteiger partial charge in [-0.05, 0) is 195 Å². The molecule has 101 heavy (non-hydrogen) atoms. The minimum Gasteiger partial charge on any atom is -0.478 e. The number of alkyl halides is 1. The van der Waals surface area contributed by atoms with Crippen molar-refractivity contribution >= 4 is 63.0 Å². The van der Waals surface area contributed by atoms with Crippen molar-refractivity contribution < 1.29 is 29.1 Å². The SMILES string of the molecule is C=CCNC(=O)c1ccc(C)cc1.C=CCNC(=O)c1ccc(C)cc1C.CC=CNC(=O)c1ccc(C)cc1.Cc1ccc(C#N)c(C)c1.Cc1ccc(C#N)c(CBr)c1.Cc1ccc(C(=O)O)cc1.Cc1ccc(C(N)=O)c(C)c1.Cc1ccc2c(c1)CN(Cc1cccc(Cl)c1)C2=N. The molecule has 1 heterocycles. The molecule has 0 aliphatic carbocycles. The minimum absolute atomic E-state index is 0.0394. The number of nitrogens with zero attached hydrogens (tertiary/aromatic N) is 3. The molecular weight excluding hydrogens is 1340 g/mol. The van der Waals surface area contributed by atoms with Crippen LogP contribution in [0, 0.1) is 104 Å². The molecule has 0 unspecified atom stereocenters. The van der Waals surface area contributed by atoms with Crippen molar-refractivity contribution in [2.24, 2.45) is 5.73 Å². The van der Waals surface area contributed by atoms with Crippen LogP contribution in [0.15, 0.2) is 226 Å². The highest BCUT2D eigenvalue weighted by atomic mass is 79.9. The van der Waals surface area contributed by atoms with E-state index in [0.29, 0.717) is 41.2 Å². The van der Waals surface area contributed by atoms with Gasteiger partial charge in [0.2, 0.25) is 5.91 Å². The summed E-state index contributed by atoms with van der Waals surface area (Å²) in [5.41, 5.74) is 26.5. The third-order valence-corrected chi connectivity index (χ3v) is 15.7. The molecule has 0 spiro atoms.